The van der Waals surface area contributed by atoms with Gasteiger partial charge in [0.2, 0.25) is 10.9 Å². The molecule has 0 saturated carbocycles. The molecule has 3 aromatic rings. The Labute approximate surface area is 164 Å². The zero-order valence-corrected chi connectivity index (χ0v) is 17.0. The van der Waals surface area contributed by atoms with Crippen molar-refractivity contribution in [2.45, 2.75) is 30.5 Å². The monoisotopic (exact) mass is 405 g/mol. The fourth-order valence-electron chi connectivity index (χ4n) is 2.25. The number of fused-ring (bicyclic) bond motifs is 1. The minimum Gasteiger partial charge on any atom is -0.497 e. The molecule has 142 valence electrons. The number of thioether (sulfide) groups is 1. The van der Waals surface area contributed by atoms with Crippen LogP contribution in [0.2, 0.25) is 0 Å². The van der Waals surface area contributed by atoms with E-state index in [9.17, 15) is 9.59 Å². The number of hydrogen-bond acceptors (Lipinski definition) is 8. The van der Waals surface area contributed by atoms with Gasteiger partial charge in [-0.25, -0.2) is 0 Å². The van der Waals surface area contributed by atoms with Crippen molar-refractivity contribution < 1.29 is 9.53 Å². The molecule has 0 spiro atoms. The molecule has 3 rings (SSSR count). The van der Waals surface area contributed by atoms with Crippen molar-refractivity contribution in [3.8, 4) is 5.75 Å². The zero-order chi connectivity index (χ0) is 19.6. The Morgan fingerprint density at radius 1 is 1.33 bits per heavy atom. The van der Waals surface area contributed by atoms with Crippen molar-refractivity contribution in [1.82, 2.24) is 19.8 Å². The molecule has 0 radical (unpaired) electrons. The zero-order valence-electron chi connectivity index (χ0n) is 15.3. The Kier molecular flexibility index (Phi) is 5.47. The third kappa shape index (κ3) is 4.45. The standard InChI is InChI=1S/C17H19N5O3S2/c1-17(2,3)13-14(24)22-15(20-19-13)27-16(21-22)26-9-12(23)18-10-6-5-7-11(8-10)25-4/h5-8H,9H2,1-4H3,(H,18,23). The van der Waals surface area contributed by atoms with Crippen molar-refractivity contribution in [3.05, 3.63) is 40.3 Å². The van der Waals surface area contributed by atoms with Crippen LogP contribution in [0.3, 0.4) is 0 Å². The number of aromatic nitrogens is 4. The summed E-state index contributed by atoms with van der Waals surface area (Å²) in [7, 11) is 1.57. The minimum absolute atomic E-state index is 0.158. The van der Waals surface area contributed by atoms with Crippen LogP contribution < -0.4 is 15.6 Å². The molecule has 0 unspecified atom stereocenters. The first-order valence-electron chi connectivity index (χ1n) is 8.11. The van der Waals surface area contributed by atoms with Crippen LogP contribution in [0.4, 0.5) is 5.69 Å². The average Bonchev–Trinajstić information content (AvgIpc) is 3.03. The Balaban J connectivity index is 1.70. The highest BCUT2D eigenvalue weighted by Gasteiger charge is 2.23. The number of nitrogens with one attached hydrogen (secondary N) is 1. The number of rotatable bonds is 5. The minimum atomic E-state index is -0.418. The first kappa shape index (κ1) is 19.3. The van der Waals surface area contributed by atoms with E-state index in [0.717, 1.165) is 0 Å². The number of nitrogens with zero attached hydrogens (tertiary/aromatic N) is 4. The van der Waals surface area contributed by atoms with Crippen LogP contribution >= 0.6 is 23.1 Å². The predicted octanol–water partition coefficient (Wildman–Crippen LogP) is 2.58. The molecule has 2 aromatic heterocycles. The van der Waals surface area contributed by atoms with Gasteiger partial charge in [-0.15, -0.1) is 15.3 Å². The quantitative estimate of drug-likeness (QED) is 0.651. The highest BCUT2D eigenvalue weighted by atomic mass is 32.2. The Hall–Kier alpha value is -2.46. The predicted molar refractivity (Wildman–Crippen MR) is 106 cm³/mol. The molecule has 2 heterocycles. The molecule has 0 saturated heterocycles. The van der Waals surface area contributed by atoms with Crippen LogP contribution in [0.25, 0.3) is 4.96 Å². The maximum atomic E-state index is 12.5. The number of carbonyl (C=O) groups excluding carboxylic acids is 1. The maximum absolute atomic E-state index is 12.5. The second-order valence-electron chi connectivity index (χ2n) is 6.73. The van der Waals surface area contributed by atoms with Gasteiger partial charge >= 0.3 is 0 Å². The molecule has 10 heteroatoms. The number of anilines is 1. The number of amides is 1. The van der Waals surface area contributed by atoms with Gasteiger partial charge in [0, 0.05) is 17.2 Å². The normalized spacial score (nSPS) is 11.6. The van der Waals surface area contributed by atoms with E-state index in [4.69, 9.17) is 4.74 Å². The summed E-state index contributed by atoms with van der Waals surface area (Å²) in [5.74, 6) is 0.645. The van der Waals surface area contributed by atoms with Gasteiger partial charge in [-0.2, -0.15) is 4.52 Å². The maximum Gasteiger partial charge on any atom is 0.297 e. The number of hydrogen-bond donors (Lipinski definition) is 1. The Morgan fingerprint density at radius 2 is 2.11 bits per heavy atom. The molecule has 0 fully saturated rings. The summed E-state index contributed by atoms with van der Waals surface area (Å²) in [4.78, 5) is 25.1. The van der Waals surface area contributed by atoms with Gasteiger partial charge in [-0.05, 0) is 12.1 Å². The molecule has 0 aliphatic carbocycles. The first-order chi connectivity index (χ1) is 12.8. The molecular formula is C17H19N5O3S2. The summed E-state index contributed by atoms with van der Waals surface area (Å²) in [6.45, 7) is 5.70. The summed E-state index contributed by atoms with van der Waals surface area (Å²) in [5, 5.41) is 15.2. The average molecular weight is 406 g/mol. The Morgan fingerprint density at radius 3 is 2.81 bits per heavy atom. The summed E-state index contributed by atoms with van der Waals surface area (Å²) in [6, 6.07) is 7.12. The van der Waals surface area contributed by atoms with Crippen LogP contribution in [-0.2, 0) is 10.2 Å². The molecule has 8 nitrogen and oxygen atoms in total. The van der Waals surface area contributed by atoms with Crippen LogP contribution in [0.1, 0.15) is 26.5 Å². The lowest BCUT2D eigenvalue weighted by Gasteiger charge is -2.14. The third-order valence-corrected chi connectivity index (χ3v) is 5.59. The van der Waals surface area contributed by atoms with E-state index in [1.54, 1.807) is 31.4 Å². The number of carbonyl (C=O) groups is 1. The lowest BCUT2D eigenvalue weighted by atomic mass is 9.93. The van der Waals surface area contributed by atoms with Gasteiger partial charge in [-0.1, -0.05) is 49.9 Å². The molecule has 1 N–H and O–H groups in total. The SMILES string of the molecule is COc1cccc(NC(=O)CSc2nn3c(=O)c(C(C)(C)C)nnc3s2)c1. The lowest BCUT2D eigenvalue weighted by Crippen LogP contribution is -2.30. The molecule has 0 aliphatic heterocycles. The lowest BCUT2D eigenvalue weighted by molar-refractivity contribution is -0.113. The van der Waals surface area contributed by atoms with E-state index in [-0.39, 0.29) is 17.2 Å². The first-order valence-corrected chi connectivity index (χ1v) is 9.92. The van der Waals surface area contributed by atoms with Crippen molar-refractivity contribution >= 4 is 39.7 Å². The molecule has 0 atom stereocenters. The van der Waals surface area contributed by atoms with Crippen molar-refractivity contribution in [2.24, 2.45) is 0 Å². The van der Waals surface area contributed by atoms with E-state index in [0.29, 0.717) is 26.4 Å². The van der Waals surface area contributed by atoms with Gasteiger partial charge in [0.25, 0.3) is 5.56 Å². The molecule has 1 aromatic carbocycles. The summed E-state index contributed by atoms with van der Waals surface area (Å²) in [5.41, 5.74) is 0.314. The van der Waals surface area contributed by atoms with E-state index in [2.05, 4.69) is 20.6 Å². The number of ether oxygens (including phenoxy) is 1. The molecule has 27 heavy (non-hydrogen) atoms. The van der Waals surface area contributed by atoms with Crippen molar-refractivity contribution in [1.29, 1.82) is 0 Å². The van der Waals surface area contributed by atoms with E-state index in [1.165, 1.54) is 27.6 Å². The topological polar surface area (TPSA) is 98.5 Å². The summed E-state index contributed by atoms with van der Waals surface area (Å²) in [6.07, 6.45) is 0. The third-order valence-electron chi connectivity index (χ3n) is 3.56. The fraction of sp³-hybridized carbons (Fsp3) is 0.353. The van der Waals surface area contributed by atoms with Crippen LogP contribution in [0, 0.1) is 0 Å². The highest BCUT2D eigenvalue weighted by Crippen LogP contribution is 2.24. The highest BCUT2D eigenvalue weighted by molar-refractivity contribution is 8.01. The number of methoxy groups -OCH3 is 1. The number of benzene rings is 1. The van der Waals surface area contributed by atoms with Crippen molar-refractivity contribution in [3.63, 3.8) is 0 Å². The second kappa shape index (κ2) is 7.65. The van der Waals surface area contributed by atoms with Crippen LogP contribution in [0.5, 0.6) is 5.75 Å². The van der Waals surface area contributed by atoms with Gasteiger partial charge in [0.15, 0.2) is 4.34 Å². The van der Waals surface area contributed by atoms with E-state index in [1.807, 2.05) is 20.8 Å². The van der Waals surface area contributed by atoms with Crippen LogP contribution in [-0.4, -0.2) is 38.6 Å². The summed E-state index contributed by atoms with van der Waals surface area (Å²) >= 11 is 2.47. The van der Waals surface area contributed by atoms with Crippen LogP contribution in [0.15, 0.2) is 33.4 Å². The van der Waals surface area contributed by atoms with Gasteiger partial charge in [0.05, 0.1) is 12.9 Å². The Bertz CT molecular complexity index is 1040. The van der Waals surface area contributed by atoms with Gasteiger partial charge in [0.1, 0.15) is 11.4 Å². The van der Waals surface area contributed by atoms with Gasteiger partial charge in [-0.3, -0.25) is 9.59 Å². The second-order valence-corrected chi connectivity index (χ2v) is 8.91. The smallest absolute Gasteiger partial charge is 0.297 e. The molecule has 0 aliphatic rings. The molecule has 1 amide bonds. The van der Waals surface area contributed by atoms with Crippen molar-refractivity contribution in [2.75, 3.05) is 18.2 Å². The summed E-state index contributed by atoms with van der Waals surface area (Å²) < 4.78 is 6.96. The molecular weight excluding hydrogens is 386 g/mol. The molecule has 0 bridgehead atoms. The fourth-order valence-corrected chi connectivity index (χ4v) is 3.92. The van der Waals surface area contributed by atoms with E-state index < -0.39 is 5.41 Å². The van der Waals surface area contributed by atoms with E-state index >= 15 is 0 Å². The van der Waals surface area contributed by atoms with Gasteiger partial charge < -0.3 is 10.1 Å². The largest absolute Gasteiger partial charge is 0.497 e.